The lowest BCUT2D eigenvalue weighted by molar-refractivity contribution is -0.170. The molecule has 3 nitrogen and oxygen atoms in total. The molecule has 1 heterocycles. The van der Waals surface area contributed by atoms with E-state index < -0.39 is 24.2 Å². The molecule has 1 rings (SSSR count). The molecule has 0 aliphatic heterocycles. The van der Waals surface area contributed by atoms with E-state index in [1.807, 2.05) is 0 Å². The minimum absolute atomic E-state index is 0.0416. The Hall–Kier alpha value is -1.24. The van der Waals surface area contributed by atoms with Gasteiger partial charge in [0.1, 0.15) is 5.69 Å². The number of Topliss-reactive ketones (excluding diaryl/α,β-unsaturated/α-hetero) is 2. The summed E-state index contributed by atoms with van der Waals surface area (Å²) < 4.78 is 35.7. The van der Waals surface area contributed by atoms with E-state index in [-0.39, 0.29) is 5.69 Å². The van der Waals surface area contributed by atoms with Crippen LogP contribution in [0.3, 0.4) is 0 Å². The Morgan fingerprint density at radius 2 is 1.88 bits per heavy atom. The topological polar surface area (TPSA) is 47.0 Å². The highest BCUT2D eigenvalue weighted by atomic mass is 32.1. The fraction of sp³-hybridized carbons (Fsp3) is 0.444. The average molecular weight is 251 g/mol. The van der Waals surface area contributed by atoms with E-state index >= 15 is 0 Å². The molecule has 0 aliphatic rings. The molecule has 0 saturated carbocycles. The number of hydrogen-bond donors (Lipinski definition) is 0. The fourth-order valence-corrected chi connectivity index (χ4v) is 1.95. The van der Waals surface area contributed by atoms with E-state index in [2.05, 4.69) is 4.98 Å². The van der Waals surface area contributed by atoms with Crippen molar-refractivity contribution in [2.75, 3.05) is 0 Å². The number of nitrogens with zero attached hydrogens (tertiary/aromatic N) is 1. The van der Waals surface area contributed by atoms with Crippen LogP contribution >= 0.6 is 11.3 Å². The number of carbonyl (C=O) groups is 2. The largest absolute Gasteiger partial charge is 0.450 e. The van der Waals surface area contributed by atoms with E-state index in [0.717, 1.165) is 0 Å². The van der Waals surface area contributed by atoms with E-state index in [9.17, 15) is 22.8 Å². The lowest BCUT2D eigenvalue weighted by atomic mass is 10.1. The van der Waals surface area contributed by atoms with Gasteiger partial charge in [0, 0.05) is 4.88 Å². The van der Waals surface area contributed by atoms with Crippen LogP contribution in [0.5, 0.6) is 0 Å². The molecular formula is C9H8F3NO2S. The van der Waals surface area contributed by atoms with Crippen molar-refractivity contribution in [2.45, 2.75) is 26.4 Å². The molecule has 88 valence electrons. The molecule has 0 saturated heterocycles. The summed E-state index contributed by atoms with van der Waals surface area (Å²) in [7, 11) is 0. The fourth-order valence-electron chi connectivity index (χ4n) is 1.12. The molecule has 0 N–H and O–H groups in total. The molecule has 0 radical (unpaired) electrons. The van der Waals surface area contributed by atoms with Gasteiger partial charge in [0.05, 0.1) is 11.4 Å². The van der Waals surface area contributed by atoms with E-state index in [0.29, 0.717) is 9.88 Å². The van der Waals surface area contributed by atoms with Crippen LogP contribution in [0.25, 0.3) is 0 Å². The van der Waals surface area contributed by atoms with Crippen molar-refractivity contribution < 1.29 is 22.8 Å². The number of thiazole rings is 1. The molecule has 1 aromatic heterocycles. The van der Waals surface area contributed by atoms with Gasteiger partial charge in [-0.2, -0.15) is 13.2 Å². The van der Waals surface area contributed by atoms with Crippen LogP contribution in [-0.4, -0.2) is 22.7 Å². The Bertz CT molecular complexity index is 436. The highest BCUT2D eigenvalue weighted by molar-refractivity contribution is 7.11. The SMILES string of the molecule is Cc1nc(C(=O)CC(=O)C(F)(F)F)c(C)s1. The van der Waals surface area contributed by atoms with Crippen LogP contribution < -0.4 is 0 Å². The van der Waals surface area contributed by atoms with Crippen molar-refractivity contribution in [3.05, 3.63) is 15.6 Å². The second kappa shape index (κ2) is 4.32. The van der Waals surface area contributed by atoms with Crippen LogP contribution in [0.1, 0.15) is 26.8 Å². The Balaban J connectivity index is 2.81. The number of alkyl halides is 3. The van der Waals surface area contributed by atoms with Gasteiger partial charge in [-0.3, -0.25) is 9.59 Å². The number of aryl methyl sites for hydroxylation is 2. The van der Waals surface area contributed by atoms with Crippen molar-refractivity contribution in [1.29, 1.82) is 0 Å². The van der Waals surface area contributed by atoms with Crippen molar-refractivity contribution in [3.63, 3.8) is 0 Å². The standard InChI is InChI=1S/C9H8F3NO2S/c1-4-8(13-5(2)16-4)6(14)3-7(15)9(10,11)12/h3H2,1-2H3. The number of carbonyl (C=O) groups excluding carboxylic acids is 2. The van der Waals surface area contributed by atoms with Gasteiger partial charge in [-0.05, 0) is 13.8 Å². The molecule has 16 heavy (non-hydrogen) atoms. The highest BCUT2D eigenvalue weighted by Gasteiger charge is 2.39. The minimum Gasteiger partial charge on any atom is -0.292 e. The molecule has 0 amide bonds. The minimum atomic E-state index is -4.96. The van der Waals surface area contributed by atoms with Crippen LogP contribution in [0.15, 0.2) is 0 Å². The van der Waals surface area contributed by atoms with Crippen molar-refractivity contribution in [2.24, 2.45) is 0 Å². The summed E-state index contributed by atoms with van der Waals surface area (Å²) in [5.41, 5.74) is -0.0416. The Kier molecular flexibility index (Phi) is 3.47. The molecule has 1 aromatic rings. The quantitative estimate of drug-likeness (QED) is 0.612. The third kappa shape index (κ3) is 2.88. The number of halogens is 3. The molecule has 0 atom stereocenters. The van der Waals surface area contributed by atoms with Crippen LogP contribution in [0.4, 0.5) is 13.2 Å². The van der Waals surface area contributed by atoms with Gasteiger partial charge in [0.2, 0.25) is 5.78 Å². The van der Waals surface area contributed by atoms with E-state index in [1.165, 1.54) is 11.3 Å². The van der Waals surface area contributed by atoms with Crippen LogP contribution in [-0.2, 0) is 4.79 Å². The lowest BCUT2D eigenvalue weighted by Gasteiger charge is -2.03. The van der Waals surface area contributed by atoms with Crippen molar-refractivity contribution >= 4 is 22.9 Å². The first-order valence-electron chi connectivity index (χ1n) is 4.29. The van der Waals surface area contributed by atoms with Gasteiger partial charge >= 0.3 is 6.18 Å². The first-order valence-corrected chi connectivity index (χ1v) is 5.10. The maximum absolute atomic E-state index is 11.9. The Morgan fingerprint density at radius 1 is 1.31 bits per heavy atom. The smallest absolute Gasteiger partial charge is 0.292 e. The zero-order chi connectivity index (χ0) is 12.5. The third-order valence-corrected chi connectivity index (χ3v) is 2.69. The van der Waals surface area contributed by atoms with Crippen molar-refractivity contribution in [3.8, 4) is 0 Å². The van der Waals surface area contributed by atoms with Gasteiger partial charge in [0.25, 0.3) is 0 Å². The molecule has 7 heteroatoms. The predicted molar refractivity (Wildman–Crippen MR) is 51.6 cm³/mol. The average Bonchev–Trinajstić information content (AvgIpc) is 2.43. The Labute approximate surface area is 93.3 Å². The van der Waals surface area contributed by atoms with Gasteiger partial charge in [0.15, 0.2) is 5.78 Å². The molecule has 0 aliphatic carbocycles. The summed E-state index contributed by atoms with van der Waals surface area (Å²) in [4.78, 5) is 26.3. The van der Waals surface area contributed by atoms with Crippen LogP contribution in [0.2, 0.25) is 0 Å². The van der Waals surface area contributed by atoms with Gasteiger partial charge < -0.3 is 0 Å². The number of aromatic nitrogens is 1. The molecule has 0 spiro atoms. The Morgan fingerprint density at radius 3 is 2.25 bits per heavy atom. The van der Waals surface area contributed by atoms with Gasteiger partial charge in [-0.1, -0.05) is 0 Å². The molecule has 0 bridgehead atoms. The zero-order valence-electron chi connectivity index (χ0n) is 8.51. The maximum Gasteiger partial charge on any atom is 0.450 e. The zero-order valence-corrected chi connectivity index (χ0v) is 9.33. The number of ketones is 2. The molecular weight excluding hydrogens is 243 g/mol. The third-order valence-electron chi connectivity index (χ3n) is 1.80. The second-order valence-electron chi connectivity index (χ2n) is 3.16. The van der Waals surface area contributed by atoms with E-state index in [4.69, 9.17) is 0 Å². The monoisotopic (exact) mass is 251 g/mol. The molecule has 0 aromatic carbocycles. The van der Waals surface area contributed by atoms with Crippen molar-refractivity contribution in [1.82, 2.24) is 4.98 Å². The second-order valence-corrected chi connectivity index (χ2v) is 4.57. The molecule has 0 unspecified atom stereocenters. The number of hydrogen-bond acceptors (Lipinski definition) is 4. The summed E-state index contributed by atoms with van der Waals surface area (Å²) in [5.74, 6) is -2.92. The summed E-state index contributed by atoms with van der Waals surface area (Å²) in [6.45, 7) is 3.22. The highest BCUT2D eigenvalue weighted by Crippen LogP contribution is 2.22. The van der Waals surface area contributed by atoms with Crippen LogP contribution in [0, 0.1) is 13.8 Å². The summed E-state index contributed by atoms with van der Waals surface area (Å²) in [6.07, 6.45) is -6.14. The summed E-state index contributed by atoms with van der Waals surface area (Å²) >= 11 is 1.21. The maximum atomic E-state index is 11.9. The summed E-state index contributed by atoms with van der Waals surface area (Å²) in [6, 6.07) is 0. The predicted octanol–water partition coefficient (Wildman–Crippen LogP) is 2.46. The summed E-state index contributed by atoms with van der Waals surface area (Å²) in [5, 5.41) is 0.584. The first kappa shape index (κ1) is 12.8. The van der Waals surface area contributed by atoms with Gasteiger partial charge in [-0.15, -0.1) is 11.3 Å². The molecule has 0 fully saturated rings. The normalized spacial score (nSPS) is 11.6. The van der Waals surface area contributed by atoms with Gasteiger partial charge in [-0.25, -0.2) is 4.98 Å². The lowest BCUT2D eigenvalue weighted by Crippen LogP contribution is -2.25. The van der Waals surface area contributed by atoms with E-state index in [1.54, 1.807) is 13.8 Å². The first-order chi connectivity index (χ1) is 7.21. The number of rotatable bonds is 3.